The van der Waals surface area contributed by atoms with Crippen LogP contribution in [0.2, 0.25) is 0 Å². The minimum atomic E-state index is -0.432. The number of ether oxygens (including phenoxy) is 1. The van der Waals surface area contributed by atoms with Crippen molar-refractivity contribution in [3.8, 4) is 17.0 Å². The van der Waals surface area contributed by atoms with Crippen molar-refractivity contribution in [1.82, 2.24) is 4.68 Å². The predicted octanol–water partition coefficient (Wildman–Crippen LogP) is 5.10. The van der Waals surface area contributed by atoms with Crippen LogP contribution in [0.5, 0.6) is 5.75 Å². The normalized spacial score (nSPS) is 18.1. The van der Waals surface area contributed by atoms with Gasteiger partial charge in [0, 0.05) is 22.7 Å². The van der Waals surface area contributed by atoms with Crippen molar-refractivity contribution in [3.63, 3.8) is 0 Å². The van der Waals surface area contributed by atoms with E-state index in [-0.39, 0.29) is 23.9 Å². The average Bonchev–Trinajstić information content (AvgIpc) is 3.22. The van der Waals surface area contributed by atoms with Crippen molar-refractivity contribution in [3.05, 3.63) is 62.8 Å². The van der Waals surface area contributed by atoms with E-state index < -0.39 is 4.92 Å². The van der Waals surface area contributed by atoms with Crippen LogP contribution in [0.4, 0.5) is 17.1 Å². The average molecular weight is 478 g/mol. The Morgan fingerprint density at radius 3 is 2.79 bits per heavy atom. The molecule has 1 aromatic heterocycles. The van der Waals surface area contributed by atoms with Gasteiger partial charge in [-0.3, -0.25) is 14.9 Å². The number of thiazole rings is 1. The molecule has 0 spiro atoms. The molecule has 1 amide bonds. The summed E-state index contributed by atoms with van der Waals surface area (Å²) >= 11 is 1.36. The topological polar surface area (TPSA) is 111 Å². The summed E-state index contributed by atoms with van der Waals surface area (Å²) in [4.78, 5) is 28.0. The Morgan fingerprint density at radius 2 is 2.00 bits per heavy atom. The molecule has 10 heteroatoms. The largest absolute Gasteiger partial charge is 0.482 e. The van der Waals surface area contributed by atoms with Crippen molar-refractivity contribution >= 4 is 40.0 Å². The van der Waals surface area contributed by atoms with Crippen molar-refractivity contribution < 1.29 is 14.5 Å². The molecule has 34 heavy (non-hydrogen) atoms. The van der Waals surface area contributed by atoms with Gasteiger partial charge >= 0.3 is 0 Å². The van der Waals surface area contributed by atoms with Gasteiger partial charge in [-0.1, -0.05) is 19.1 Å². The number of fused-ring (bicyclic) bond motifs is 1. The van der Waals surface area contributed by atoms with Crippen LogP contribution in [-0.2, 0) is 4.79 Å². The number of nitrogens with zero attached hydrogens (tertiary/aromatic N) is 4. The molecule has 1 aliphatic heterocycles. The van der Waals surface area contributed by atoms with Gasteiger partial charge in [0.15, 0.2) is 6.61 Å². The van der Waals surface area contributed by atoms with Gasteiger partial charge in [-0.15, -0.1) is 11.3 Å². The van der Waals surface area contributed by atoms with Crippen molar-refractivity contribution in [2.24, 2.45) is 16.0 Å². The fourth-order valence-corrected chi connectivity index (χ4v) is 4.91. The fourth-order valence-electron chi connectivity index (χ4n) is 4.07. The van der Waals surface area contributed by atoms with Crippen LogP contribution >= 0.6 is 11.3 Å². The second kappa shape index (κ2) is 9.22. The van der Waals surface area contributed by atoms with E-state index in [0.717, 1.165) is 42.7 Å². The lowest BCUT2D eigenvalue weighted by atomic mass is 9.90. The van der Waals surface area contributed by atoms with Crippen LogP contribution in [0, 0.1) is 16.0 Å². The fraction of sp³-hybridized carbons (Fsp3) is 0.292. The number of carbonyl (C=O) groups excluding carboxylic acids is 1. The maximum atomic E-state index is 11.8. The smallest absolute Gasteiger partial charge is 0.294 e. The summed E-state index contributed by atoms with van der Waals surface area (Å²) in [6, 6.07) is 12.0. The summed E-state index contributed by atoms with van der Waals surface area (Å²) in [5.41, 5.74) is 3.52. The predicted molar refractivity (Wildman–Crippen MR) is 131 cm³/mol. The van der Waals surface area contributed by atoms with Gasteiger partial charge in [0.2, 0.25) is 4.80 Å². The van der Waals surface area contributed by atoms with Crippen LogP contribution in [0.15, 0.2) is 57.9 Å². The third-order valence-electron chi connectivity index (χ3n) is 5.98. The van der Waals surface area contributed by atoms with E-state index in [1.165, 1.54) is 17.4 Å². The molecule has 1 fully saturated rings. The summed E-state index contributed by atoms with van der Waals surface area (Å²) in [6.45, 7) is 2.24. The van der Waals surface area contributed by atoms with E-state index in [1.54, 1.807) is 22.9 Å². The van der Waals surface area contributed by atoms with Gasteiger partial charge in [-0.05, 0) is 55.9 Å². The van der Waals surface area contributed by atoms with Crippen molar-refractivity contribution in [2.45, 2.75) is 32.6 Å². The van der Waals surface area contributed by atoms with Gasteiger partial charge in [-0.25, -0.2) is 9.67 Å². The molecule has 0 atom stereocenters. The highest BCUT2D eigenvalue weighted by atomic mass is 32.1. The number of nitro groups is 1. The quantitative estimate of drug-likeness (QED) is 0.416. The van der Waals surface area contributed by atoms with E-state index in [9.17, 15) is 14.9 Å². The molecule has 1 aliphatic carbocycles. The van der Waals surface area contributed by atoms with Gasteiger partial charge in [0.05, 0.1) is 16.3 Å². The summed E-state index contributed by atoms with van der Waals surface area (Å²) < 4.78 is 7.25. The molecule has 5 rings (SSSR count). The van der Waals surface area contributed by atoms with Gasteiger partial charge in [0.25, 0.3) is 11.6 Å². The van der Waals surface area contributed by atoms with Crippen molar-refractivity contribution in [2.75, 3.05) is 11.9 Å². The monoisotopic (exact) mass is 477 g/mol. The molecule has 2 aromatic carbocycles. The van der Waals surface area contributed by atoms with Crippen LogP contribution in [0.3, 0.4) is 0 Å². The number of hydrogen-bond donors (Lipinski definition) is 1. The minimum Gasteiger partial charge on any atom is -0.482 e. The van der Waals surface area contributed by atoms with Gasteiger partial charge in [-0.2, -0.15) is 5.10 Å². The third-order valence-corrected chi connectivity index (χ3v) is 6.80. The Hall–Kier alpha value is -3.79. The van der Waals surface area contributed by atoms with E-state index in [1.807, 2.05) is 23.6 Å². The second-order valence-corrected chi connectivity index (χ2v) is 9.31. The zero-order valence-electron chi connectivity index (χ0n) is 18.6. The highest BCUT2D eigenvalue weighted by Crippen LogP contribution is 2.33. The Balaban J connectivity index is 1.65. The molecule has 3 aromatic rings. The van der Waals surface area contributed by atoms with E-state index >= 15 is 0 Å². The highest BCUT2D eigenvalue weighted by Gasteiger charge is 2.20. The maximum Gasteiger partial charge on any atom is 0.294 e. The van der Waals surface area contributed by atoms with E-state index in [2.05, 4.69) is 17.2 Å². The van der Waals surface area contributed by atoms with Gasteiger partial charge < -0.3 is 10.1 Å². The lowest BCUT2D eigenvalue weighted by Crippen LogP contribution is -2.25. The number of benzene rings is 2. The number of para-hydroxylation sites is 2. The van der Waals surface area contributed by atoms with Crippen LogP contribution in [0.25, 0.3) is 11.3 Å². The minimum absolute atomic E-state index is 0.00421. The molecule has 0 radical (unpaired) electrons. The first-order valence-electron chi connectivity index (χ1n) is 11.1. The first-order valence-corrected chi connectivity index (χ1v) is 12.0. The maximum absolute atomic E-state index is 11.8. The molecule has 1 saturated carbocycles. The Kier molecular flexibility index (Phi) is 5.97. The zero-order valence-corrected chi connectivity index (χ0v) is 19.4. The Morgan fingerprint density at radius 1 is 1.21 bits per heavy atom. The summed E-state index contributed by atoms with van der Waals surface area (Å²) in [7, 11) is 0. The molecule has 0 saturated heterocycles. The van der Waals surface area contributed by atoms with E-state index in [4.69, 9.17) is 9.84 Å². The number of nitrogens with one attached hydrogen (secondary N) is 1. The van der Waals surface area contributed by atoms with E-state index in [0.29, 0.717) is 22.2 Å². The number of amides is 1. The molecule has 1 N–H and O–H groups in total. The van der Waals surface area contributed by atoms with Crippen LogP contribution in [0.1, 0.15) is 32.6 Å². The lowest BCUT2D eigenvalue weighted by Gasteiger charge is -2.20. The SMILES string of the molecule is CC1CCC(=Nn2c(-c3ccc4c(c3)NC(=O)CO4)csc2=Nc2ccccc2[N+](=O)[O-])CC1. The molecule has 0 unspecified atom stereocenters. The Labute approximate surface area is 199 Å². The number of carbonyl (C=O) groups is 1. The third kappa shape index (κ3) is 4.49. The standard InChI is InChI=1S/C24H23N5O4S/c1-15-6-9-17(10-7-15)27-28-21(16-8-11-22-19(12-16)25-23(30)13-33-22)14-34-24(28)26-18-4-2-3-5-20(18)29(31)32/h2-5,8,11-12,14-15H,6-7,9-10,13H2,1H3,(H,25,30). The molecule has 174 valence electrons. The summed E-state index contributed by atoms with van der Waals surface area (Å²) in [6.07, 6.45) is 3.97. The molecule has 9 nitrogen and oxygen atoms in total. The molecular weight excluding hydrogens is 454 g/mol. The molecule has 2 aliphatic rings. The molecular formula is C24H23N5O4S. The van der Waals surface area contributed by atoms with Crippen molar-refractivity contribution in [1.29, 1.82) is 0 Å². The zero-order chi connectivity index (χ0) is 23.7. The number of rotatable bonds is 4. The number of nitro benzene ring substituents is 1. The van der Waals surface area contributed by atoms with Crippen LogP contribution < -0.4 is 14.9 Å². The molecule has 2 heterocycles. The first kappa shape index (κ1) is 22.0. The molecule has 0 bridgehead atoms. The summed E-state index contributed by atoms with van der Waals surface area (Å²) in [5, 5.41) is 21.2. The first-order chi connectivity index (χ1) is 16.5. The Bertz CT molecular complexity index is 1360. The van der Waals surface area contributed by atoms with Crippen LogP contribution in [-0.4, -0.2) is 27.8 Å². The highest BCUT2D eigenvalue weighted by molar-refractivity contribution is 7.07. The number of hydrogen-bond acceptors (Lipinski definition) is 7. The number of anilines is 1. The summed E-state index contributed by atoms with van der Waals surface area (Å²) in [5.74, 6) is 1.08. The second-order valence-electron chi connectivity index (χ2n) is 8.47. The number of aromatic nitrogens is 1. The lowest BCUT2D eigenvalue weighted by molar-refractivity contribution is -0.384. The van der Waals surface area contributed by atoms with Gasteiger partial charge in [0.1, 0.15) is 11.4 Å².